The number of hydrogen-bond donors (Lipinski definition) is 1. The predicted molar refractivity (Wildman–Crippen MR) is 132 cm³/mol. The molecule has 0 radical (unpaired) electrons. The number of hydrogen-bond acceptors (Lipinski definition) is 3. The number of ether oxygens (including phenoxy) is 1. The zero-order chi connectivity index (χ0) is 21.6. The highest BCUT2D eigenvalue weighted by molar-refractivity contribution is 5.77. The maximum Gasteiger partial charge on any atom is 0.181 e. The largest absolute Gasteiger partial charge is 0.485 e. The first kappa shape index (κ1) is 20.4. The summed E-state index contributed by atoms with van der Waals surface area (Å²) in [6.07, 6.45) is 12.6. The van der Waals surface area contributed by atoms with E-state index in [1.54, 1.807) is 0 Å². The van der Waals surface area contributed by atoms with E-state index in [0.29, 0.717) is 12.6 Å². The molecule has 32 heavy (non-hydrogen) atoms. The van der Waals surface area contributed by atoms with Crippen molar-refractivity contribution in [3.05, 3.63) is 95.8 Å². The minimum absolute atomic E-state index is 0.487. The molecule has 1 aliphatic carbocycles. The third-order valence-electron chi connectivity index (χ3n) is 6.06. The van der Waals surface area contributed by atoms with Crippen LogP contribution in [0.2, 0.25) is 0 Å². The standard InChI is InChI=1S/C28H29N3O/c1-4-11-22(12-5-1)18-19-25-27(29-24-15-8-3-9-16-24)31-20-10-17-26(28(31)30-25)32-21-23-13-6-2-7-14-23/h1-2,4-7,10-14,17-20,24,29H,3,8-9,15-16,21H2/b19-18+. The lowest BCUT2D eigenvalue weighted by molar-refractivity contribution is 0.308. The van der Waals surface area contributed by atoms with Gasteiger partial charge in [-0.05, 0) is 42.2 Å². The van der Waals surface area contributed by atoms with Gasteiger partial charge in [0.05, 0.1) is 0 Å². The van der Waals surface area contributed by atoms with Crippen molar-refractivity contribution in [1.82, 2.24) is 9.38 Å². The molecule has 0 bridgehead atoms. The lowest BCUT2D eigenvalue weighted by Gasteiger charge is -2.24. The normalized spacial score (nSPS) is 14.8. The Labute approximate surface area is 189 Å². The quantitative estimate of drug-likeness (QED) is 0.354. The van der Waals surface area contributed by atoms with E-state index in [-0.39, 0.29) is 0 Å². The minimum atomic E-state index is 0.487. The molecule has 2 heterocycles. The van der Waals surface area contributed by atoms with E-state index in [1.165, 1.54) is 32.1 Å². The first-order valence-corrected chi connectivity index (χ1v) is 11.5. The highest BCUT2D eigenvalue weighted by atomic mass is 16.5. The van der Waals surface area contributed by atoms with Crippen molar-refractivity contribution in [3.8, 4) is 5.75 Å². The van der Waals surface area contributed by atoms with Crippen molar-refractivity contribution in [3.63, 3.8) is 0 Å². The molecule has 0 amide bonds. The molecule has 4 heteroatoms. The lowest BCUT2D eigenvalue weighted by Crippen LogP contribution is -2.23. The SMILES string of the molecule is C(=C\c1nc2c(OCc3ccccc3)cccn2c1NC1CCCCC1)/c1ccccc1. The van der Waals surface area contributed by atoms with Gasteiger partial charge in [0, 0.05) is 12.2 Å². The van der Waals surface area contributed by atoms with Gasteiger partial charge in [0.1, 0.15) is 18.1 Å². The van der Waals surface area contributed by atoms with Crippen LogP contribution >= 0.6 is 0 Å². The maximum absolute atomic E-state index is 6.19. The smallest absolute Gasteiger partial charge is 0.181 e. The van der Waals surface area contributed by atoms with Crippen LogP contribution in [0.5, 0.6) is 5.75 Å². The van der Waals surface area contributed by atoms with E-state index in [2.05, 4.69) is 64.5 Å². The van der Waals surface area contributed by atoms with Crippen LogP contribution in [0.3, 0.4) is 0 Å². The Bertz CT molecular complexity index is 1180. The number of pyridine rings is 1. The summed E-state index contributed by atoms with van der Waals surface area (Å²) >= 11 is 0. The number of fused-ring (bicyclic) bond motifs is 1. The molecule has 1 fully saturated rings. The molecule has 4 nitrogen and oxygen atoms in total. The third-order valence-corrected chi connectivity index (χ3v) is 6.06. The summed E-state index contributed by atoms with van der Waals surface area (Å²) < 4.78 is 8.33. The highest BCUT2D eigenvalue weighted by Crippen LogP contribution is 2.30. The summed E-state index contributed by atoms with van der Waals surface area (Å²) in [5, 5.41) is 3.80. The van der Waals surface area contributed by atoms with Crippen molar-refractivity contribution < 1.29 is 4.74 Å². The number of benzene rings is 2. The number of rotatable bonds is 7. The van der Waals surface area contributed by atoms with Gasteiger partial charge >= 0.3 is 0 Å². The topological polar surface area (TPSA) is 38.6 Å². The van der Waals surface area contributed by atoms with Gasteiger partial charge in [-0.25, -0.2) is 4.98 Å². The molecule has 0 aliphatic heterocycles. The van der Waals surface area contributed by atoms with Crippen LogP contribution in [-0.2, 0) is 6.61 Å². The van der Waals surface area contributed by atoms with Crippen molar-refractivity contribution in [2.75, 3.05) is 5.32 Å². The fourth-order valence-corrected chi connectivity index (χ4v) is 4.35. The average molecular weight is 424 g/mol. The van der Waals surface area contributed by atoms with Crippen LogP contribution in [0.15, 0.2) is 79.0 Å². The Kier molecular flexibility index (Phi) is 6.20. The van der Waals surface area contributed by atoms with Crippen molar-refractivity contribution in [1.29, 1.82) is 0 Å². The van der Waals surface area contributed by atoms with E-state index in [4.69, 9.17) is 9.72 Å². The van der Waals surface area contributed by atoms with Crippen LogP contribution in [0.25, 0.3) is 17.8 Å². The maximum atomic E-state index is 6.19. The molecular formula is C28H29N3O. The fourth-order valence-electron chi connectivity index (χ4n) is 4.35. The first-order valence-electron chi connectivity index (χ1n) is 11.5. The van der Waals surface area contributed by atoms with Crippen molar-refractivity contribution in [2.24, 2.45) is 0 Å². The monoisotopic (exact) mass is 423 g/mol. The second-order valence-electron chi connectivity index (χ2n) is 8.41. The Morgan fingerprint density at radius 1 is 0.875 bits per heavy atom. The Balaban J connectivity index is 1.49. The Hall–Kier alpha value is -3.53. The van der Waals surface area contributed by atoms with Crippen LogP contribution in [0.1, 0.15) is 48.9 Å². The Morgan fingerprint density at radius 3 is 2.41 bits per heavy atom. The molecule has 0 unspecified atom stereocenters. The van der Waals surface area contributed by atoms with Gasteiger partial charge in [-0.2, -0.15) is 0 Å². The summed E-state index contributed by atoms with van der Waals surface area (Å²) in [6.45, 7) is 0.522. The zero-order valence-corrected chi connectivity index (χ0v) is 18.3. The van der Waals surface area contributed by atoms with Gasteiger partial charge in [0.2, 0.25) is 0 Å². The van der Waals surface area contributed by atoms with Crippen molar-refractivity contribution >= 4 is 23.6 Å². The van der Waals surface area contributed by atoms with Crippen LogP contribution in [0.4, 0.5) is 5.82 Å². The molecule has 1 aliphatic rings. The van der Waals surface area contributed by atoms with E-state index < -0.39 is 0 Å². The van der Waals surface area contributed by atoms with Crippen LogP contribution in [-0.4, -0.2) is 15.4 Å². The molecule has 0 atom stereocenters. The molecule has 0 saturated heterocycles. The summed E-state index contributed by atoms with van der Waals surface area (Å²) in [6, 6.07) is 25.1. The first-order chi connectivity index (χ1) is 15.9. The fraction of sp³-hybridized carbons (Fsp3) is 0.250. The second kappa shape index (κ2) is 9.73. The number of nitrogens with one attached hydrogen (secondary N) is 1. The molecule has 5 rings (SSSR count). The lowest BCUT2D eigenvalue weighted by atomic mass is 9.95. The molecule has 4 aromatic rings. The van der Waals surface area contributed by atoms with E-state index in [1.807, 2.05) is 36.4 Å². The van der Waals surface area contributed by atoms with Gasteiger partial charge < -0.3 is 10.1 Å². The molecule has 2 aromatic carbocycles. The molecular weight excluding hydrogens is 394 g/mol. The molecule has 162 valence electrons. The van der Waals surface area contributed by atoms with Crippen LogP contribution < -0.4 is 10.1 Å². The second-order valence-corrected chi connectivity index (χ2v) is 8.41. The molecule has 0 spiro atoms. The number of aromatic nitrogens is 2. The number of anilines is 1. The minimum Gasteiger partial charge on any atom is -0.485 e. The van der Waals surface area contributed by atoms with Crippen LogP contribution in [0, 0.1) is 0 Å². The molecule has 2 aromatic heterocycles. The summed E-state index contributed by atoms with van der Waals surface area (Å²) in [5.41, 5.74) is 4.09. The van der Waals surface area contributed by atoms with Crippen molar-refractivity contribution in [2.45, 2.75) is 44.8 Å². The Morgan fingerprint density at radius 2 is 1.62 bits per heavy atom. The highest BCUT2D eigenvalue weighted by Gasteiger charge is 2.19. The van der Waals surface area contributed by atoms with Gasteiger partial charge in [0.15, 0.2) is 11.4 Å². The third kappa shape index (κ3) is 4.70. The van der Waals surface area contributed by atoms with Gasteiger partial charge in [-0.15, -0.1) is 0 Å². The van der Waals surface area contributed by atoms with E-state index in [0.717, 1.165) is 34.0 Å². The van der Waals surface area contributed by atoms with Gasteiger partial charge in [-0.1, -0.05) is 86.0 Å². The predicted octanol–water partition coefficient (Wildman–Crippen LogP) is 6.83. The summed E-state index contributed by atoms with van der Waals surface area (Å²) in [7, 11) is 0. The van der Waals surface area contributed by atoms with Gasteiger partial charge in [-0.3, -0.25) is 4.40 Å². The zero-order valence-electron chi connectivity index (χ0n) is 18.3. The van der Waals surface area contributed by atoms with Gasteiger partial charge in [0.25, 0.3) is 0 Å². The van der Waals surface area contributed by atoms with E-state index >= 15 is 0 Å². The average Bonchev–Trinajstić information content (AvgIpc) is 3.21. The summed E-state index contributed by atoms with van der Waals surface area (Å²) in [5.74, 6) is 1.84. The number of imidazole rings is 1. The number of nitrogens with zero attached hydrogens (tertiary/aromatic N) is 2. The summed E-state index contributed by atoms with van der Waals surface area (Å²) in [4.78, 5) is 4.99. The van der Waals surface area contributed by atoms with E-state index in [9.17, 15) is 0 Å². The molecule has 1 N–H and O–H groups in total. The molecule has 1 saturated carbocycles.